The SMILES string of the molecule is C=C(F)C(=O)N1CCN(c2nc(OCCNCC(F)(F)F)nc3c2CCN(c2cccc4ccc(F)c(Cl)c24)C3)C[C@@H]1CC#N. The molecule has 3 heterocycles. The van der Waals surface area contributed by atoms with Gasteiger partial charge in [-0.15, -0.1) is 0 Å². The van der Waals surface area contributed by atoms with Gasteiger partial charge in [-0.05, 0) is 23.9 Å². The standard InChI is InChI=1S/C30H29ClF5N7O2/c1-18(32)28(44)43-13-12-42(15-20(43)7-9-37)27-21-8-11-41(24-4-2-3-19-5-6-22(33)26(31)25(19)24)16-23(21)39-29(40-27)45-14-10-38-17-30(34,35)36/h2-6,20,38H,1,7-8,10-17H2/t20-/m0/s1. The summed E-state index contributed by atoms with van der Waals surface area (Å²) < 4.78 is 71.5. The first-order chi connectivity index (χ1) is 21.5. The second kappa shape index (κ2) is 13.4. The zero-order valence-electron chi connectivity index (χ0n) is 24.0. The van der Waals surface area contributed by atoms with Gasteiger partial charge >= 0.3 is 12.2 Å². The number of aromatic nitrogens is 2. The summed E-state index contributed by atoms with van der Waals surface area (Å²) in [6, 6.07) is 9.82. The minimum atomic E-state index is -4.37. The Kier molecular flexibility index (Phi) is 9.59. The number of amides is 1. The van der Waals surface area contributed by atoms with E-state index in [0.29, 0.717) is 35.6 Å². The Bertz CT molecular complexity index is 1650. The lowest BCUT2D eigenvalue weighted by molar-refractivity contribution is -0.131. The number of nitrogens with zero attached hydrogens (tertiary/aromatic N) is 6. The van der Waals surface area contributed by atoms with Crippen LogP contribution in [0.4, 0.5) is 33.5 Å². The number of nitriles is 1. The molecule has 0 aliphatic carbocycles. The molecule has 0 bridgehead atoms. The molecule has 2 aliphatic heterocycles. The number of anilines is 2. The number of benzene rings is 2. The Labute approximate surface area is 260 Å². The molecule has 0 spiro atoms. The number of ether oxygens (including phenoxy) is 1. The molecule has 1 amide bonds. The summed E-state index contributed by atoms with van der Waals surface area (Å²) in [5, 5.41) is 13.0. The minimum Gasteiger partial charge on any atom is -0.462 e. The van der Waals surface area contributed by atoms with Crippen molar-refractivity contribution in [3.8, 4) is 12.1 Å². The second-order valence-corrected chi connectivity index (χ2v) is 11.0. The van der Waals surface area contributed by atoms with Crippen LogP contribution >= 0.6 is 11.6 Å². The fourth-order valence-corrected chi connectivity index (χ4v) is 5.94. The normalized spacial score (nSPS) is 16.8. The minimum absolute atomic E-state index is 0.000402. The lowest BCUT2D eigenvalue weighted by Gasteiger charge is -2.42. The molecule has 15 heteroatoms. The van der Waals surface area contributed by atoms with Gasteiger partial charge < -0.3 is 24.8 Å². The summed E-state index contributed by atoms with van der Waals surface area (Å²) in [7, 11) is 0. The van der Waals surface area contributed by atoms with Crippen molar-refractivity contribution in [1.29, 1.82) is 5.26 Å². The van der Waals surface area contributed by atoms with E-state index in [4.69, 9.17) is 16.3 Å². The molecular weight excluding hydrogens is 621 g/mol. The highest BCUT2D eigenvalue weighted by molar-refractivity contribution is 6.36. The van der Waals surface area contributed by atoms with Gasteiger partial charge in [0.1, 0.15) is 18.2 Å². The summed E-state index contributed by atoms with van der Waals surface area (Å²) in [4.78, 5) is 26.8. The molecule has 1 saturated heterocycles. The molecule has 238 valence electrons. The van der Waals surface area contributed by atoms with Gasteiger partial charge in [-0.1, -0.05) is 36.4 Å². The zero-order valence-corrected chi connectivity index (χ0v) is 24.8. The number of carbonyl (C=O) groups is 1. The van der Waals surface area contributed by atoms with Gasteiger partial charge in [0.2, 0.25) is 0 Å². The van der Waals surface area contributed by atoms with E-state index in [9.17, 15) is 32.0 Å². The summed E-state index contributed by atoms with van der Waals surface area (Å²) in [6.45, 7) is 2.97. The van der Waals surface area contributed by atoms with Crippen molar-refractivity contribution in [3.63, 3.8) is 0 Å². The summed E-state index contributed by atoms with van der Waals surface area (Å²) in [5.74, 6) is -2.05. The first-order valence-electron chi connectivity index (χ1n) is 14.2. The molecule has 1 N–H and O–H groups in total. The van der Waals surface area contributed by atoms with E-state index in [0.717, 1.165) is 10.9 Å². The number of fused-ring (bicyclic) bond motifs is 2. The molecule has 3 aromatic rings. The largest absolute Gasteiger partial charge is 0.462 e. The van der Waals surface area contributed by atoms with Crippen LogP contribution in [0.25, 0.3) is 10.8 Å². The predicted octanol–water partition coefficient (Wildman–Crippen LogP) is 4.93. The van der Waals surface area contributed by atoms with E-state index in [-0.39, 0.29) is 56.8 Å². The van der Waals surface area contributed by atoms with E-state index >= 15 is 0 Å². The average Bonchev–Trinajstić information content (AvgIpc) is 3.01. The van der Waals surface area contributed by atoms with Gasteiger partial charge in [-0.2, -0.15) is 28.4 Å². The number of halogens is 6. The maximum absolute atomic E-state index is 14.5. The number of piperazine rings is 1. The van der Waals surface area contributed by atoms with E-state index in [1.165, 1.54) is 11.0 Å². The monoisotopic (exact) mass is 649 g/mol. The molecule has 9 nitrogen and oxygen atoms in total. The highest BCUT2D eigenvalue weighted by atomic mass is 35.5. The third kappa shape index (κ3) is 7.20. The Morgan fingerprint density at radius 1 is 1.18 bits per heavy atom. The quantitative estimate of drug-likeness (QED) is 0.198. The van der Waals surface area contributed by atoms with Crippen LogP contribution in [-0.4, -0.2) is 78.9 Å². The van der Waals surface area contributed by atoms with Crippen molar-refractivity contribution in [3.05, 3.63) is 64.8 Å². The molecule has 0 unspecified atom stereocenters. The van der Waals surface area contributed by atoms with E-state index in [2.05, 4.69) is 21.9 Å². The molecule has 1 atom stereocenters. The predicted molar refractivity (Wildman–Crippen MR) is 158 cm³/mol. The lowest BCUT2D eigenvalue weighted by atomic mass is 10.0. The van der Waals surface area contributed by atoms with Crippen molar-refractivity contribution in [2.24, 2.45) is 0 Å². The van der Waals surface area contributed by atoms with Gasteiger partial charge in [-0.25, -0.2) is 8.78 Å². The summed E-state index contributed by atoms with van der Waals surface area (Å²) in [5.41, 5.74) is 2.08. The highest BCUT2D eigenvalue weighted by Crippen LogP contribution is 2.38. The number of hydrogen-bond acceptors (Lipinski definition) is 8. The molecule has 1 aromatic heterocycles. The molecule has 1 fully saturated rings. The van der Waals surface area contributed by atoms with Crippen LogP contribution in [0.3, 0.4) is 0 Å². The van der Waals surface area contributed by atoms with Crippen molar-refractivity contribution < 1.29 is 31.5 Å². The fourth-order valence-electron chi connectivity index (χ4n) is 5.67. The molecule has 5 rings (SSSR count). The fraction of sp³-hybridized carbons (Fsp3) is 0.400. The van der Waals surface area contributed by atoms with Crippen LogP contribution in [0.1, 0.15) is 17.7 Å². The smallest absolute Gasteiger partial charge is 0.401 e. The van der Waals surface area contributed by atoms with Crippen molar-refractivity contribution in [2.45, 2.75) is 31.6 Å². The van der Waals surface area contributed by atoms with E-state index in [1.807, 2.05) is 34.1 Å². The van der Waals surface area contributed by atoms with Crippen LogP contribution < -0.4 is 19.9 Å². The highest BCUT2D eigenvalue weighted by Gasteiger charge is 2.35. The van der Waals surface area contributed by atoms with Crippen LogP contribution in [0.15, 0.2) is 42.7 Å². The number of hydrogen-bond donors (Lipinski definition) is 1. The first-order valence-corrected chi connectivity index (χ1v) is 14.5. The lowest BCUT2D eigenvalue weighted by Crippen LogP contribution is -2.55. The van der Waals surface area contributed by atoms with Gasteiger partial charge in [0.15, 0.2) is 5.83 Å². The number of carbonyl (C=O) groups excluding carboxylic acids is 1. The van der Waals surface area contributed by atoms with Crippen LogP contribution in [0.5, 0.6) is 6.01 Å². The van der Waals surface area contributed by atoms with Crippen LogP contribution in [0, 0.1) is 17.1 Å². The van der Waals surface area contributed by atoms with Gasteiger partial charge in [0.25, 0.3) is 5.91 Å². The maximum atomic E-state index is 14.5. The topological polar surface area (TPSA) is 97.6 Å². The van der Waals surface area contributed by atoms with Crippen molar-refractivity contribution >= 4 is 39.8 Å². The third-order valence-electron chi connectivity index (χ3n) is 7.71. The molecule has 45 heavy (non-hydrogen) atoms. The Balaban J connectivity index is 1.46. The van der Waals surface area contributed by atoms with Crippen molar-refractivity contribution in [1.82, 2.24) is 20.2 Å². The number of nitrogens with one attached hydrogen (secondary N) is 1. The van der Waals surface area contributed by atoms with Crippen molar-refractivity contribution in [2.75, 3.05) is 55.7 Å². The Morgan fingerprint density at radius 2 is 1.98 bits per heavy atom. The second-order valence-electron chi connectivity index (χ2n) is 10.7. The van der Waals surface area contributed by atoms with E-state index < -0.39 is 36.3 Å². The van der Waals surface area contributed by atoms with Gasteiger partial charge in [-0.3, -0.25) is 4.79 Å². The maximum Gasteiger partial charge on any atom is 0.401 e. The molecule has 0 radical (unpaired) electrons. The zero-order chi connectivity index (χ0) is 32.3. The number of alkyl halides is 3. The first kappa shape index (κ1) is 32.2. The third-order valence-corrected chi connectivity index (χ3v) is 8.08. The Morgan fingerprint density at radius 3 is 2.71 bits per heavy atom. The molecule has 2 aromatic carbocycles. The number of rotatable bonds is 9. The average molecular weight is 650 g/mol. The Hall–Kier alpha value is -4.22. The summed E-state index contributed by atoms with van der Waals surface area (Å²) in [6.07, 6.45) is -3.96. The van der Waals surface area contributed by atoms with E-state index in [1.54, 1.807) is 6.07 Å². The molecule has 2 aliphatic rings. The van der Waals surface area contributed by atoms with Gasteiger partial charge in [0, 0.05) is 49.4 Å². The van der Waals surface area contributed by atoms with Gasteiger partial charge in [0.05, 0.1) is 42.3 Å². The molecular formula is C30H29ClF5N7O2. The van der Waals surface area contributed by atoms with Crippen LogP contribution in [-0.2, 0) is 17.8 Å². The molecule has 0 saturated carbocycles. The van der Waals surface area contributed by atoms with Crippen LogP contribution in [0.2, 0.25) is 5.02 Å². The summed E-state index contributed by atoms with van der Waals surface area (Å²) >= 11 is 6.40.